The van der Waals surface area contributed by atoms with Gasteiger partial charge in [-0.1, -0.05) is 36.4 Å². The summed E-state index contributed by atoms with van der Waals surface area (Å²) in [5.74, 6) is 5.77. The van der Waals surface area contributed by atoms with E-state index in [0.29, 0.717) is 0 Å². The molecule has 0 aromatic heterocycles. The second-order valence-corrected chi connectivity index (χ2v) is 22.8. The van der Waals surface area contributed by atoms with Crippen molar-refractivity contribution in [3.8, 4) is 0 Å². The Morgan fingerprint density at radius 3 is 1.14 bits per heavy atom. The minimum absolute atomic E-state index is 0. The molecule has 2 aromatic carbocycles. The summed E-state index contributed by atoms with van der Waals surface area (Å²) in [4.78, 5) is 0. The maximum Gasteiger partial charge on any atom is 2.00 e. The van der Waals surface area contributed by atoms with E-state index in [4.69, 9.17) is 9.05 Å². The number of fused-ring (bicyclic) bond motifs is 2. The van der Waals surface area contributed by atoms with Gasteiger partial charge in [-0.2, -0.15) is 0 Å². The van der Waals surface area contributed by atoms with E-state index >= 15 is 0 Å². The van der Waals surface area contributed by atoms with E-state index in [1.54, 1.807) is 0 Å². The van der Waals surface area contributed by atoms with E-state index in [0.717, 1.165) is 47.6 Å². The van der Waals surface area contributed by atoms with Crippen molar-refractivity contribution in [2.24, 2.45) is 35.5 Å². The van der Waals surface area contributed by atoms with Gasteiger partial charge in [0.1, 0.15) is 0 Å². The number of anilines is 2. The maximum atomic E-state index is 9.75. The Balaban J connectivity index is 0.000000137. The molecular formula is C45H63BF4N4O2P2Pd+. The summed E-state index contributed by atoms with van der Waals surface area (Å²) < 4.78 is 64.1. The molecule has 12 aliphatic rings. The normalized spacial score (nSPS) is 39.7. The Labute approximate surface area is 367 Å². The summed E-state index contributed by atoms with van der Waals surface area (Å²) in [5, 5.41) is 0. The number of para-hydroxylation sites is 2. The Kier molecular flexibility index (Phi) is 14.2. The van der Waals surface area contributed by atoms with E-state index < -0.39 is 24.2 Å². The fraction of sp³-hybridized carbons (Fsp3) is 0.667. The van der Waals surface area contributed by atoms with Gasteiger partial charge < -0.3 is 35.7 Å². The van der Waals surface area contributed by atoms with Gasteiger partial charge in [0.05, 0.1) is 11.2 Å². The summed E-state index contributed by atoms with van der Waals surface area (Å²) in [6, 6.07) is 23.5. The number of halogens is 4. The predicted octanol–water partition coefficient (Wildman–Crippen LogP) is 12.5. The molecule has 8 bridgehead atoms. The first-order valence-corrected chi connectivity index (χ1v) is 24.7. The molecule has 14 rings (SSSR count). The molecule has 4 aliphatic heterocycles. The Bertz CT molecular complexity index is 1480. The van der Waals surface area contributed by atoms with Crippen LogP contribution >= 0.6 is 16.9 Å². The van der Waals surface area contributed by atoms with Crippen molar-refractivity contribution in [2.45, 2.75) is 126 Å². The Hall–Kier alpha value is -0.813. The Morgan fingerprint density at radius 2 is 0.847 bits per heavy atom. The van der Waals surface area contributed by atoms with Crippen LogP contribution in [0.1, 0.15) is 103 Å². The SMILES string of the molecule is F[B-](F)(F)F.[CH2][CH][CH2].[Pd+2].c1ccc(N2C[C@@H]3CCCN3[P@@]2OC23CC4CC(CC(C4)C2)C3)cc1.c1ccc(N2C[C@@H]3CCCN3[P@@]2OC23CC4CC(CC(C4)C2)C3)cc1. The molecular weight excluding hydrogens is 884 g/mol. The molecule has 0 N–H and O–H groups in total. The van der Waals surface area contributed by atoms with Crippen LogP contribution in [0.3, 0.4) is 0 Å². The van der Waals surface area contributed by atoms with Gasteiger partial charge in [-0.25, -0.2) is 9.34 Å². The van der Waals surface area contributed by atoms with Gasteiger partial charge in [-0.05, 0) is 183 Å². The predicted molar refractivity (Wildman–Crippen MR) is 230 cm³/mol. The third-order valence-corrected chi connectivity index (χ3v) is 19.6. The molecule has 59 heavy (non-hydrogen) atoms. The molecule has 325 valence electrons. The van der Waals surface area contributed by atoms with Crippen molar-refractivity contribution < 1.29 is 46.7 Å². The quantitative estimate of drug-likeness (QED) is 0.163. The van der Waals surface area contributed by atoms with Gasteiger partial charge in [-0.3, -0.25) is 0 Å². The molecule has 0 unspecified atom stereocenters. The molecule has 0 spiro atoms. The van der Waals surface area contributed by atoms with Crippen LogP contribution in [0.25, 0.3) is 0 Å². The minimum Gasteiger partial charge on any atom is -0.418 e. The second kappa shape index (κ2) is 18.7. The van der Waals surface area contributed by atoms with Gasteiger partial charge in [0.25, 0.3) is 0 Å². The molecule has 6 nitrogen and oxygen atoms in total. The molecule has 12 fully saturated rings. The summed E-state index contributed by atoms with van der Waals surface area (Å²) in [5.41, 5.74) is 3.16. The van der Waals surface area contributed by atoms with Crippen LogP contribution in [0.5, 0.6) is 0 Å². The van der Waals surface area contributed by atoms with Crippen molar-refractivity contribution >= 4 is 35.5 Å². The van der Waals surface area contributed by atoms with Crippen molar-refractivity contribution in [2.75, 3.05) is 35.5 Å². The molecule has 4 heterocycles. The summed E-state index contributed by atoms with van der Waals surface area (Å²) in [6.45, 7) is 11.3. The number of benzene rings is 2. The van der Waals surface area contributed by atoms with Crippen molar-refractivity contribution in [3.05, 3.63) is 80.9 Å². The van der Waals surface area contributed by atoms with E-state index in [9.17, 15) is 17.3 Å². The van der Waals surface area contributed by atoms with E-state index in [1.165, 1.54) is 147 Å². The average molecular weight is 947 g/mol. The first-order valence-electron chi connectivity index (χ1n) is 22.4. The largest absolute Gasteiger partial charge is 2.00 e. The topological polar surface area (TPSA) is 31.4 Å². The molecule has 14 heteroatoms. The molecule has 2 aromatic rings. The van der Waals surface area contributed by atoms with Crippen LogP contribution in [0.15, 0.2) is 60.7 Å². The van der Waals surface area contributed by atoms with Crippen molar-refractivity contribution in [1.82, 2.24) is 9.34 Å². The summed E-state index contributed by atoms with van der Waals surface area (Å²) in [6.07, 6.45) is 24.0. The number of hydrogen-bond donors (Lipinski definition) is 0. The van der Waals surface area contributed by atoms with Gasteiger partial charge in [0.2, 0.25) is 16.9 Å². The number of nitrogens with zero attached hydrogens (tertiary/aromatic N) is 4. The first-order chi connectivity index (χ1) is 28.0. The fourth-order valence-corrected chi connectivity index (χ4v) is 18.7. The molecule has 0 amide bonds. The van der Waals surface area contributed by atoms with E-state index in [-0.39, 0.29) is 31.6 Å². The van der Waals surface area contributed by atoms with Crippen LogP contribution in [0.4, 0.5) is 28.6 Å². The standard InChI is InChI=1S/2C21H29N2OP.C3H5.BF4.Pd/c2*1-2-5-19(6-3-1)23-15-20-7-4-8-22(20)25(23)24-21-12-16-9-17(13-21)11-18(10-16)14-21;1-3-2;2-1(3,4)5;/h2*1-3,5-6,16-18,20H,4,7-15H2;3H,1-2H2;;/q;;;-1;+2/t2*16?,17?,18?,20-,21?,25+;;;/m00.../s1. The summed E-state index contributed by atoms with van der Waals surface area (Å²) in [7, 11) is -7.24. The second-order valence-electron chi connectivity index (χ2n) is 19.4. The minimum atomic E-state index is -6.00. The summed E-state index contributed by atoms with van der Waals surface area (Å²) >= 11 is 0. The van der Waals surface area contributed by atoms with Crippen LogP contribution in [-0.4, -0.2) is 66.1 Å². The molecule has 8 aliphatic carbocycles. The van der Waals surface area contributed by atoms with Gasteiger partial charge in [0.15, 0.2) is 0 Å². The number of hydrogen-bond acceptors (Lipinski definition) is 6. The molecule has 4 saturated heterocycles. The zero-order valence-corrected chi connectivity index (χ0v) is 37.8. The zero-order valence-electron chi connectivity index (χ0n) is 34.4. The zero-order chi connectivity index (χ0) is 40.1. The third-order valence-electron chi connectivity index (χ3n) is 14.9. The van der Waals surface area contributed by atoms with Gasteiger partial charge in [0, 0.05) is 49.6 Å². The first kappa shape index (κ1) is 44.8. The fourth-order valence-electron chi connectivity index (χ4n) is 13.7. The molecule has 8 saturated carbocycles. The van der Waals surface area contributed by atoms with E-state index in [1.807, 2.05) is 0 Å². The number of rotatable bonds is 6. The molecule has 3 radical (unpaired) electrons. The van der Waals surface area contributed by atoms with Crippen LogP contribution in [-0.2, 0) is 29.5 Å². The van der Waals surface area contributed by atoms with Gasteiger partial charge >= 0.3 is 27.7 Å². The maximum absolute atomic E-state index is 9.75. The smallest absolute Gasteiger partial charge is 0.418 e. The monoisotopic (exact) mass is 946 g/mol. The molecule has 4 atom stereocenters. The van der Waals surface area contributed by atoms with Crippen LogP contribution in [0.2, 0.25) is 0 Å². The van der Waals surface area contributed by atoms with Crippen molar-refractivity contribution in [1.29, 1.82) is 0 Å². The van der Waals surface area contributed by atoms with Crippen LogP contribution < -0.4 is 9.34 Å². The average Bonchev–Trinajstić information content (AvgIpc) is 3.95. The van der Waals surface area contributed by atoms with E-state index in [2.05, 4.69) is 93.2 Å². The third kappa shape index (κ3) is 10.1. The Morgan fingerprint density at radius 1 is 0.559 bits per heavy atom. The van der Waals surface area contributed by atoms with Gasteiger partial charge in [-0.15, -0.1) is 0 Å². The van der Waals surface area contributed by atoms with Crippen molar-refractivity contribution in [3.63, 3.8) is 0 Å². The van der Waals surface area contributed by atoms with Crippen LogP contribution in [0, 0.1) is 55.8 Å².